The van der Waals surface area contributed by atoms with Crippen LogP contribution in [0.2, 0.25) is 0 Å². The van der Waals surface area contributed by atoms with Gasteiger partial charge in [0.05, 0.1) is 11.4 Å². The van der Waals surface area contributed by atoms with E-state index >= 15 is 0 Å². The number of benzene rings is 2. The number of nitroso groups, excluding NO2 is 1. The van der Waals surface area contributed by atoms with Crippen molar-refractivity contribution in [3.63, 3.8) is 0 Å². The van der Waals surface area contributed by atoms with Gasteiger partial charge in [0, 0.05) is 12.4 Å². The van der Waals surface area contributed by atoms with Gasteiger partial charge in [-0.05, 0) is 69.0 Å². The number of hydrogen-bond donors (Lipinski definition) is 0. The molecule has 130 valence electrons. The predicted molar refractivity (Wildman–Crippen MR) is 105 cm³/mol. The minimum atomic E-state index is -0.611. The summed E-state index contributed by atoms with van der Waals surface area (Å²) in [5.41, 5.74) is 9.14. The molecule has 0 aromatic heterocycles. The fourth-order valence-corrected chi connectivity index (χ4v) is 4.07. The van der Waals surface area contributed by atoms with Crippen LogP contribution < -0.4 is 9.80 Å². The first-order chi connectivity index (χ1) is 11.8. The van der Waals surface area contributed by atoms with E-state index in [0.29, 0.717) is 0 Å². The minimum absolute atomic E-state index is 0.611. The molecule has 0 saturated carbocycles. The molecule has 1 aliphatic rings. The zero-order valence-electron chi connectivity index (χ0n) is 15.8. The van der Waals surface area contributed by atoms with Gasteiger partial charge >= 0.3 is 0 Å². The molecule has 0 amide bonds. The molecule has 0 atom stereocenters. The quantitative estimate of drug-likeness (QED) is 0.706. The van der Waals surface area contributed by atoms with Crippen LogP contribution in [0.3, 0.4) is 0 Å². The van der Waals surface area contributed by atoms with E-state index in [1.807, 2.05) is 22.2 Å². The van der Waals surface area contributed by atoms with Crippen LogP contribution in [-0.4, -0.2) is 6.29 Å². The van der Waals surface area contributed by atoms with Gasteiger partial charge in [-0.15, -0.1) is 4.91 Å². The molecule has 4 heteroatoms. The molecule has 0 N–H and O–H groups in total. The lowest BCUT2D eigenvalue weighted by Crippen LogP contribution is -2.38. The van der Waals surface area contributed by atoms with Gasteiger partial charge < -0.3 is 9.80 Å². The predicted octanol–water partition coefficient (Wildman–Crippen LogP) is 5.38. The van der Waals surface area contributed by atoms with Crippen molar-refractivity contribution in [3.05, 3.63) is 75.0 Å². The Morgan fingerprint density at radius 2 is 1.00 bits per heavy atom. The van der Waals surface area contributed by atoms with Gasteiger partial charge in [0.2, 0.25) is 6.29 Å². The maximum atomic E-state index is 11.8. The molecule has 0 aliphatic carbocycles. The monoisotopic (exact) mass is 335 g/mol. The van der Waals surface area contributed by atoms with Crippen molar-refractivity contribution in [2.24, 2.45) is 5.18 Å². The number of aryl methyl sites for hydroxylation is 6. The van der Waals surface area contributed by atoms with E-state index in [1.54, 1.807) is 0 Å². The Bertz CT molecular complexity index is 756. The summed E-state index contributed by atoms with van der Waals surface area (Å²) in [6.45, 7) is 12.5. The average Bonchev–Trinajstić information content (AvgIpc) is 2.88. The summed E-state index contributed by atoms with van der Waals surface area (Å²) in [6, 6.07) is 8.57. The highest BCUT2D eigenvalue weighted by atomic mass is 16.3. The van der Waals surface area contributed by atoms with Crippen LogP contribution in [0.15, 0.2) is 41.8 Å². The molecule has 1 heterocycles. The smallest absolute Gasteiger partial charge is 0.247 e. The third-order valence-corrected chi connectivity index (χ3v) is 4.77. The third-order valence-electron chi connectivity index (χ3n) is 4.77. The van der Waals surface area contributed by atoms with E-state index in [0.717, 1.165) is 33.6 Å². The molecule has 25 heavy (non-hydrogen) atoms. The second-order valence-corrected chi connectivity index (χ2v) is 7.06. The first kappa shape index (κ1) is 17.2. The maximum Gasteiger partial charge on any atom is 0.247 e. The molecule has 0 radical (unpaired) electrons. The van der Waals surface area contributed by atoms with Crippen molar-refractivity contribution in [2.75, 3.05) is 9.80 Å². The van der Waals surface area contributed by atoms with E-state index in [2.05, 4.69) is 71.0 Å². The van der Waals surface area contributed by atoms with Gasteiger partial charge in [-0.1, -0.05) is 35.4 Å². The highest BCUT2D eigenvalue weighted by molar-refractivity contribution is 5.70. The van der Waals surface area contributed by atoms with Crippen molar-refractivity contribution in [2.45, 2.75) is 47.8 Å². The highest BCUT2D eigenvalue weighted by Gasteiger charge is 2.32. The molecular formula is C21H25N3O. The van der Waals surface area contributed by atoms with Crippen molar-refractivity contribution in [1.29, 1.82) is 0 Å². The summed E-state index contributed by atoms with van der Waals surface area (Å²) in [7, 11) is 0. The fourth-order valence-electron chi connectivity index (χ4n) is 4.07. The molecule has 0 unspecified atom stereocenters. The third kappa shape index (κ3) is 2.93. The number of anilines is 2. The Balaban J connectivity index is 2.07. The first-order valence-electron chi connectivity index (χ1n) is 8.56. The van der Waals surface area contributed by atoms with E-state index in [4.69, 9.17) is 0 Å². The highest BCUT2D eigenvalue weighted by Crippen LogP contribution is 2.37. The molecule has 0 fully saturated rings. The van der Waals surface area contributed by atoms with Crippen molar-refractivity contribution >= 4 is 11.4 Å². The van der Waals surface area contributed by atoms with Gasteiger partial charge in [0.1, 0.15) is 0 Å². The second kappa shape index (κ2) is 6.36. The summed E-state index contributed by atoms with van der Waals surface area (Å²) in [4.78, 5) is 15.7. The molecule has 3 rings (SSSR count). The zero-order valence-corrected chi connectivity index (χ0v) is 15.8. The maximum absolute atomic E-state index is 11.8. The number of nitrogens with zero attached hydrogens (tertiary/aromatic N) is 3. The van der Waals surface area contributed by atoms with Crippen molar-refractivity contribution in [3.8, 4) is 0 Å². The van der Waals surface area contributed by atoms with Crippen LogP contribution in [0.1, 0.15) is 33.4 Å². The normalized spacial score (nSPS) is 14.5. The topological polar surface area (TPSA) is 35.9 Å². The van der Waals surface area contributed by atoms with Gasteiger partial charge in [-0.25, -0.2) is 0 Å². The van der Waals surface area contributed by atoms with Crippen LogP contribution in [-0.2, 0) is 0 Å². The Morgan fingerprint density at radius 3 is 1.28 bits per heavy atom. The number of hydrogen-bond acceptors (Lipinski definition) is 4. The van der Waals surface area contributed by atoms with E-state index in [1.165, 1.54) is 11.1 Å². The van der Waals surface area contributed by atoms with Crippen molar-refractivity contribution in [1.82, 2.24) is 0 Å². The average molecular weight is 335 g/mol. The van der Waals surface area contributed by atoms with Gasteiger partial charge in [0.25, 0.3) is 0 Å². The SMILES string of the molecule is Cc1cc(C)c(N2C=CN(c3c(C)cc(C)cc3C)C2N=O)c(C)c1. The molecule has 2 aromatic rings. The van der Waals surface area contributed by atoms with E-state index in [9.17, 15) is 4.91 Å². The summed E-state index contributed by atoms with van der Waals surface area (Å²) in [5.74, 6) is 0. The zero-order chi connectivity index (χ0) is 18.3. The number of rotatable bonds is 3. The molecule has 2 aromatic carbocycles. The lowest BCUT2D eigenvalue weighted by molar-refractivity contribution is 0.706. The van der Waals surface area contributed by atoms with Crippen LogP contribution in [0.4, 0.5) is 11.4 Å². The Labute approximate surface area is 149 Å². The summed E-state index contributed by atoms with van der Waals surface area (Å²) in [5, 5.41) is 3.45. The largest absolute Gasteiger partial charge is 0.304 e. The first-order valence-corrected chi connectivity index (χ1v) is 8.56. The molecule has 0 saturated heterocycles. The molecule has 1 aliphatic heterocycles. The molecule has 4 nitrogen and oxygen atoms in total. The standard InChI is InChI=1S/C21H25N3O/c1-13-9-15(3)19(16(4)10-13)23-7-8-24(21(23)22-25)20-17(5)11-14(2)12-18(20)6/h7-12,21H,1-6H3. The summed E-state index contributed by atoms with van der Waals surface area (Å²) in [6.07, 6.45) is 3.30. The Hall–Kier alpha value is -2.62. The van der Waals surface area contributed by atoms with Crippen LogP contribution >= 0.6 is 0 Å². The molecule has 0 bridgehead atoms. The minimum Gasteiger partial charge on any atom is -0.304 e. The molecular weight excluding hydrogens is 310 g/mol. The second-order valence-electron chi connectivity index (χ2n) is 7.06. The van der Waals surface area contributed by atoms with E-state index < -0.39 is 6.29 Å². The summed E-state index contributed by atoms with van der Waals surface area (Å²) < 4.78 is 0. The lowest BCUT2D eigenvalue weighted by atomic mass is 10.0. The van der Waals surface area contributed by atoms with Crippen LogP contribution in [0, 0.1) is 46.4 Å². The fraction of sp³-hybridized carbons (Fsp3) is 0.333. The van der Waals surface area contributed by atoms with Gasteiger partial charge in [-0.2, -0.15) is 0 Å². The van der Waals surface area contributed by atoms with Crippen LogP contribution in [0.25, 0.3) is 0 Å². The van der Waals surface area contributed by atoms with E-state index in [-0.39, 0.29) is 0 Å². The van der Waals surface area contributed by atoms with Gasteiger partial charge in [0.15, 0.2) is 0 Å². The Morgan fingerprint density at radius 1 is 0.680 bits per heavy atom. The summed E-state index contributed by atoms with van der Waals surface area (Å²) >= 11 is 0. The lowest BCUT2D eigenvalue weighted by Gasteiger charge is -2.31. The van der Waals surface area contributed by atoms with Gasteiger partial charge in [-0.3, -0.25) is 0 Å². The van der Waals surface area contributed by atoms with Crippen molar-refractivity contribution < 1.29 is 0 Å². The van der Waals surface area contributed by atoms with Crippen LogP contribution in [0.5, 0.6) is 0 Å². The molecule has 0 spiro atoms. The Kier molecular flexibility index (Phi) is 4.38.